The van der Waals surface area contributed by atoms with Gasteiger partial charge in [0.05, 0.1) is 13.2 Å². The molecule has 2 atom stereocenters. The predicted octanol–water partition coefficient (Wildman–Crippen LogP) is 0.421. The summed E-state index contributed by atoms with van der Waals surface area (Å²) >= 11 is 0. The van der Waals surface area contributed by atoms with Crippen molar-refractivity contribution in [2.75, 3.05) is 52.6 Å². The number of rotatable bonds is 6. The molecule has 6 nitrogen and oxygen atoms in total. The van der Waals surface area contributed by atoms with Crippen LogP contribution in [-0.4, -0.2) is 64.8 Å². The van der Waals surface area contributed by atoms with Crippen molar-refractivity contribution >= 4 is 0 Å². The maximum Gasteiger partial charge on any atom is 0.123 e. The van der Waals surface area contributed by atoms with Gasteiger partial charge in [0.1, 0.15) is 36.9 Å². The zero-order chi connectivity index (χ0) is 15.0. The summed E-state index contributed by atoms with van der Waals surface area (Å²) in [6.45, 7) is 6.08. The fourth-order valence-electron chi connectivity index (χ4n) is 2.49. The molecule has 22 heavy (non-hydrogen) atoms. The van der Waals surface area contributed by atoms with E-state index in [1.807, 2.05) is 24.3 Å². The van der Waals surface area contributed by atoms with E-state index in [0.717, 1.165) is 50.9 Å². The molecular formula is C16H24N2O4. The van der Waals surface area contributed by atoms with Gasteiger partial charge >= 0.3 is 0 Å². The maximum absolute atomic E-state index is 5.79. The van der Waals surface area contributed by atoms with Gasteiger partial charge in [0.15, 0.2) is 0 Å². The van der Waals surface area contributed by atoms with Gasteiger partial charge in [-0.05, 0) is 12.1 Å². The second-order valence-corrected chi connectivity index (χ2v) is 5.49. The van der Waals surface area contributed by atoms with E-state index in [4.69, 9.17) is 18.9 Å². The molecule has 0 radical (unpaired) electrons. The molecule has 2 N–H and O–H groups in total. The first-order valence-electron chi connectivity index (χ1n) is 7.90. The van der Waals surface area contributed by atoms with Crippen LogP contribution in [0.4, 0.5) is 0 Å². The van der Waals surface area contributed by atoms with E-state index in [9.17, 15) is 0 Å². The van der Waals surface area contributed by atoms with Crippen LogP contribution in [-0.2, 0) is 9.47 Å². The molecule has 0 aromatic heterocycles. The number of benzene rings is 1. The molecule has 2 saturated heterocycles. The molecule has 0 saturated carbocycles. The second kappa shape index (κ2) is 8.33. The van der Waals surface area contributed by atoms with E-state index in [2.05, 4.69) is 10.6 Å². The van der Waals surface area contributed by atoms with Crippen LogP contribution in [0.1, 0.15) is 0 Å². The zero-order valence-corrected chi connectivity index (χ0v) is 12.8. The Balaban J connectivity index is 1.44. The van der Waals surface area contributed by atoms with Crippen LogP contribution in [0, 0.1) is 0 Å². The van der Waals surface area contributed by atoms with Gasteiger partial charge in [0.25, 0.3) is 0 Å². The first kappa shape index (κ1) is 15.6. The van der Waals surface area contributed by atoms with Crippen LogP contribution in [0.15, 0.2) is 24.3 Å². The van der Waals surface area contributed by atoms with Crippen molar-refractivity contribution in [3.8, 4) is 11.5 Å². The van der Waals surface area contributed by atoms with E-state index in [1.165, 1.54) is 0 Å². The molecule has 2 aliphatic rings. The van der Waals surface area contributed by atoms with Crippen LogP contribution < -0.4 is 20.1 Å². The maximum atomic E-state index is 5.79. The van der Waals surface area contributed by atoms with Crippen LogP contribution >= 0.6 is 0 Å². The Morgan fingerprint density at radius 1 is 0.909 bits per heavy atom. The van der Waals surface area contributed by atoms with Crippen LogP contribution in [0.5, 0.6) is 11.5 Å². The fraction of sp³-hybridized carbons (Fsp3) is 0.625. The molecule has 0 aliphatic carbocycles. The smallest absolute Gasteiger partial charge is 0.123 e. The summed E-state index contributed by atoms with van der Waals surface area (Å²) in [5, 5.41) is 6.58. The molecule has 0 bridgehead atoms. The topological polar surface area (TPSA) is 61.0 Å². The number of hydrogen-bond acceptors (Lipinski definition) is 6. The molecular weight excluding hydrogens is 284 g/mol. The van der Waals surface area contributed by atoms with E-state index < -0.39 is 0 Å². The molecule has 6 heteroatoms. The van der Waals surface area contributed by atoms with Gasteiger partial charge in [0, 0.05) is 32.2 Å². The van der Waals surface area contributed by atoms with Crippen LogP contribution in [0.3, 0.4) is 0 Å². The molecule has 2 aliphatic heterocycles. The Morgan fingerprint density at radius 2 is 1.45 bits per heavy atom. The highest BCUT2D eigenvalue weighted by Crippen LogP contribution is 2.20. The minimum Gasteiger partial charge on any atom is -0.491 e. The van der Waals surface area contributed by atoms with Gasteiger partial charge in [-0.15, -0.1) is 0 Å². The largest absolute Gasteiger partial charge is 0.491 e. The Bertz CT molecular complexity index is 408. The van der Waals surface area contributed by atoms with Crippen molar-refractivity contribution in [3.63, 3.8) is 0 Å². The summed E-state index contributed by atoms with van der Waals surface area (Å²) in [5.74, 6) is 1.60. The average molecular weight is 308 g/mol. The van der Waals surface area contributed by atoms with Crippen molar-refractivity contribution in [2.24, 2.45) is 0 Å². The first-order valence-corrected chi connectivity index (χ1v) is 7.90. The zero-order valence-electron chi connectivity index (χ0n) is 12.8. The lowest BCUT2D eigenvalue weighted by atomic mass is 10.3. The number of nitrogens with one attached hydrogen (secondary N) is 2. The minimum absolute atomic E-state index is 0.111. The average Bonchev–Trinajstić information content (AvgIpc) is 2.60. The van der Waals surface area contributed by atoms with Gasteiger partial charge in [0.2, 0.25) is 0 Å². The Labute approximate surface area is 131 Å². The van der Waals surface area contributed by atoms with E-state index in [0.29, 0.717) is 13.2 Å². The van der Waals surface area contributed by atoms with Gasteiger partial charge in [-0.2, -0.15) is 0 Å². The van der Waals surface area contributed by atoms with Gasteiger partial charge < -0.3 is 29.6 Å². The fourth-order valence-corrected chi connectivity index (χ4v) is 2.49. The van der Waals surface area contributed by atoms with Gasteiger partial charge in [-0.3, -0.25) is 0 Å². The van der Waals surface area contributed by atoms with Gasteiger partial charge in [-0.1, -0.05) is 6.07 Å². The highest BCUT2D eigenvalue weighted by molar-refractivity contribution is 5.33. The number of ether oxygens (including phenoxy) is 4. The third kappa shape index (κ3) is 4.84. The van der Waals surface area contributed by atoms with Crippen molar-refractivity contribution in [1.82, 2.24) is 10.6 Å². The van der Waals surface area contributed by atoms with Crippen LogP contribution in [0.2, 0.25) is 0 Å². The summed E-state index contributed by atoms with van der Waals surface area (Å²) in [6, 6.07) is 7.71. The Hall–Kier alpha value is -1.34. The molecule has 122 valence electrons. The number of hydrogen-bond donors (Lipinski definition) is 2. The Morgan fingerprint density at radius 3 is 1.91 bits per heavy atom. The van der Waals surface area contributed by atoms with Crippen molar-refractivity contribution in [2.45, 2.75) is 12.2 Å². The van der Waals surface area contributed by atoms with E-state index in [1.54, 1.807) is 0 Å². The minimum atomic E-state index is 0.111. The molecule has 1 aromatic carbocycles. The van der Waals surface area contributed by atoms with Gasteiger partial charge in [-0.25, -0.2) is 0 Å². The molecule has 2 heterocycles. The summed E-state index contributed by atoms with van der Waals surface area (Å²) in [7, 11) is 0. The monoisotopic (exact) mass is 308 g/mol. The van der Waals surface area contributed by atoms with Crippen molar-refractivity contribution < 1.29 is 18.9 Å². The second-order valence-electron chi connectivity index (χ2n) is 5.49. The van der Waals surface area contributed by atoms with Crippen LogP contribution in [0.25, 0.3) is 0 Å². The molecule has 3 rings (SSSR count). The molecule has 0 amide bonds. The molecule has 2 fully saturated rings. The third-order valence-corrected chi connectivity index (χ3v) is 3.69. The standard InChI is InChI=1S/C16H24N2O4/c1-2-13(21-11-15-9-17-4-6-19-15)8-14(3-1)22-12-16-10-18-5-7-20-16/h1-3,8,15-18H,4-7,9-12H2/t15-,16-/m0/s1. The molecule has 0 spiro atoms. The first-order chi connectivity index (χ1) is 10.9. The van der Waals surface area contributed by atoms with Crippen molar-refractivity contribution in [1.29, 1.82) is 0 Å². The molecule has 1 aromatic rings. The summed E-state index contributed by atoms with van der Waals surface area (Å²) in [6.07, 6.45) is 0.222. The molecule has 0 unspecified atom stereocenters. The summed E-state index contributed by atoms with van der Waals surface area (Å²) in [4.78, 5) is 0. The summed E-state index contributed by atoms with van der Waals surface area (Å²) < 4.78 is 22.8. The highest BCUT2D eigenvalue weighted by atomic mass is 16.5. The van der Waals surface area contributed by atoms with E-state index >= 15 is 0 Å². The third-order valence-electron chi connectivity index (χ3n) is 3.69. The number of morpholine rings is 2. The van der Waals surface area contributed by atoms with E-state index in [-0.39, 0.29) is 12.2 Å². The lowest BCUT2D eigenvalue weighted by Gasteiger charge is -2.24. The SMILES string of the molecule is c1cc(OC[C@@H]2CNCCO2)cc(OC[C@@H]2CNCCO2)c1. The Kier molecular flexibility index (Phi) is 5.89. The predicted molar refractivity (Wildman–Crippen MR) is 82.7 cm³/mol. The van der Waals surface area contributed by atoms with Crippen molar-refractivity contribution in [3.05, 3.63) is 24.3 Å². The highest BCUT2D eigenvalue weighted by Gasteiger charge is 2.15. The quantitative estimate of drug-likeness (QED) is 0.794. The lowest BCUT2D eigenvalue weighted by Crippen LogP contribution is -2.41. The summed E-state index contributed by atoms with van der Waals surface area (Å²) in [5.41, 5.74) is 0. The lowest BCUT2D eigenvalue weighted by molar-refractivity contribution is -0.00131. The normalized spacial score (nSPS) is 25.6.